The van der Waals surface area contributed by atoms with Gasteiger partial charge in [-0.25, -0.2) is 0 Å². The molecule has 1 N–H and O–H groups in total. The van der Waals surface area contributed by atoms with Crippen LogP contribution in [0, 0.1) is 13.8 Å². The van der Waals surface area contributed by atoms with Crippen LogP contribution in [0.1, 0.15) is 41.6 Å². The van der Waals surface area contributed by atoms with Gasteiger partial charge in [0.1, 0.15) is 11.5 Å². The van der Waals surface area contributed by atoms with E-state index in [-0.39, 0.29) is 11.3 Å². The van der Waals surface area contributed by atoms with Gasteiger partial charge in [-0.15, -0.1) is 0 Å². The number of hydrogen-bond donors (Lipinski definition) is 1. The van der Waals surface area contributed by atoms with Crippen molar-refractivity contribution in [2.75, 3.05) is 13.7 Å². The van der Waals surface area contributed by atoms with E-state index in [1.54, 1.807) is 30.6 Å². The van der Waals surface area contributed by atoms with Crippen molar-refractivity contribution >= 4 is 17.4 Å². The van der Waals surface area contributed by atoms with Crippen LogP contribution in [0.2, 0.25) is 0 Å². The molecule has 1 aromatic heterocycles. The zero-order valence-corrected chi connectivity index (χ0v) is 16.5. The molecular weight excluding hydrogens is 356 g/mol. The lowest BCUT2D eigenvalue weighted by Crippen LogP contribution is -2.30. The molecule has 0 radical (unpaired) electrons. The minimum absolute atomic E-state index is 0.0768. The maximum Gasteiger partial charge on any atom is 0.295 e. The lowest BCUT2D eigenvalue weighted by atomic mass is 9.94. The molecule has 1 saturated heterocycles. The molecule has 1 aliphatic heterocycles. The molecular formula is C22H24N2O4. The van der Waals surface area contributed by atoms with E-state index in [1.807, 2.05) is 26.8 Å². The molecule has 2 aromatic rings. The number of aryl methyl sites for hydroxylation is 2. The number of carbonyl (C=O) groups is 2. The first-order valence-corrected chi connectivity index (χ1v) is 9.24. The predicted octanol–water partition coefficient (Wildman–Crippen LogP) is 3.54. The molecule has 2 heterocycles. The number of ketones is 1. The lowest BCUT2D eigenvalue weighted by Gasteiger charge is -2.25. The second-order valence-electron chi connectivity index (χ2n) is 6.94. The first-order chi connectivity index (χ1) is 13.4. The van der Waals surface area contributed by atoms with Gasteiger partial charge in [-0.1, -0.05) is 13.0 Å². The van der Waals surface area contributed by atoms with Crippen molar-refractivity contribution in [1.82, 2.24) is 9.88 Å². The summed E-state index contributed by atoms with van der Waals surface area (Å²) < 4.78 is 5.48. The van der Waals surface area contributed by atoms with Gasteiger partial charge in [0.05, 0.1) is 24.3 Å². The minimum atomic E-state index is -0.686. The number of likely N-dealkylation sites (tertiary alicyclic amines) is 1. The van der Waals surface area contributed by atoms with Crippen molar-refractivity contribution in [2.45, 2.75) is 33.2 Å². The molecule has 6 heteroatoms. The maximum absolute atomic E-state index is 12.9. The topological polar surface area (TPSA) is 79.7 Å². The zero-order valence-electron chi connectivity index (χ0n) is 16.5. The Balaban J connectivity index is 2.27. The van der Waals surface area contributed by atoms with E-state index in [9.17, 15) is 14.7 Å². The molecule has 1 fully saturated rings. The molecule has 1 amide bonds. The van der Waals surface area contributed by atoms with E-state index >= 15 is 0 Å². The van der Waals surface area contributed by atoms with Crippen LogP contribution in [0.3, 0.4) is 0 Å². The fourth-order valence-corrected chi connectivity index (χ4v) is 3.79. The minimum Gasteiger partial charge on any atom is -0.507 e. The van der Waals surface area contributed by atoms with Gasteiger partial charge in [-0.2, -0.15) is 0 Å². The monoisotopic (exact) mass is 380 g/mol. The normalized spacial score (nSPS) is 18.6. The quantitative estimate of drug-likeness (QED) is 0.488. The number of ether oxygens (including phenoxy) is 1. The van der Waals surface area contributed by atoms with Crippen LogP contribution < -0.4 is 4.74 Å². The highest BCUT2D eigenvalue weighted by Gasteiger charge is 2.45. The highest BCUT2D eigenvalue weighted by atomic mass is 16.5. The Hall–Kier alpha value is -3.15. The van der Waals surface area contributed by atoms with Gasteiger partial charge in [-0.05, 0) is 55.2 Å². The first-order valence-electron chi connectivity index (χ1n) is 9.24. The third-order valence-corrected chi connectivity index (χ3v) is 4.90. The standard InChI is InChI=1S/C22H24N2O4/c1-5-10-24-18(15-6-8-23-9-7-15)17(20(26)22(24)27)19(25)16-12-13(2)11-14(3)21(16)28-4/h6-9,11-12,18,25H,5,10H2,1-4H3/b19-17+. The Labute approximate surface area is 164 Å². The number of Topliss-reactive ketones (excluding diaryl/α,β-unsaturated/α-hetero) is 1. The molecule has 1 unspecified atom stereocenters. The Morgan fingerprint density at radius 3 is 2.50 bits per heavy atom. The van der Waals surface area contributed by atoms with Gasteiger partial charge >= 0.3 is 0 Å². The van der Waals surface area contributed by atoms with E-state index in [2.05, 4.69) is 4.98 Å². The van der Waals surface area contributed by atoms with Crippen LogP contribution >= 0.6 is 0 Å². The molecule has 0 aliphatic carbocycles. The van der Waals surface area contributed by atoms with E-state index < -0.39 is 17.7 Å². The van der Waals surface area contributed by atoms with Crippen LogP contribution in [0.15, 0.2) is 42.2 Å². The summed E-state index contributed by atoms with van der Waals surface area (Å²) in [4.78, 5) is 31.1. The SMILES string of the molecule is CCCN1C(=O)C(=O)/C(=C(/O)c2cc(C)cc(C)c2OC)C1c1ccncc1. The number of rotatable bonds is 5. The van der Waals surface area contributed by atoms with Crippen molar-refractivity contribution < 1.29 is 19.4 Å². The van der Waals surface area contributed by atoms with Crippen molar-refractivity contribution in [2.24, 2.45) is 0 Å². The van der Waals surface area contributed by atoms with Gasteiger partial charge in [0, 0.05) is 18.9 Å². The van der Waals surface area contributed by atoms with Gasteiger partial charge in [0.25, 0.3) is 11.7 Å². The Morgan fingerprint density at radius 2 is 1.89 bits per heavy atom. The number of pyridine rings is 1. The zero-order chi connectivity index (χ0) is 20.4. The first kappa shape index (κ1) is 19.6. The van der Waals surface area contributed by atoms with Crippen LogP contribution in [0.5, 0.6) is 5.75 Å². The number of amides is 1. The molecule has 3 rings (SSSR count). The molecule has 1 aliphatic rings. The maximum atomic E-state index is 12.9. The molecule has 28 heavy (non-hydrogen) atoms. The number of benzene rings is 1. The molecule has 6 nitrogen and oxygen atoms in total. The van der Waals surface area contributed by atoms with Gasteiger partial charge < -0.3 is 14.7 Å². The van der Waals surface area contributed by atoms with Crippen molar-refractivity contribution in [1.29, 1.82) is 0 Å². The number of aromatic nitrogens is 1. The van der Waals surface area contributed by atoms with E-state index in [4.69, 9.17) is 4.74 Å². The van der Waals surface area contributed by atoms with Gasteiger partial charge in [0.15, 0.2) is 0 Å². The summed E-state index contributed by atoms with van der Waals surface area (Å²) >= 11 is 0. The Kier molecular flexibility index (Phi) is 5.49. The summed E-state index contributed by atoms with van der Waals surface area (Å²) in [5.41, 5.74) is 2.98. The molecule has 0 bridgehead atoms. The van der Waals surface area contributed by atoms with E-state index in [0.717, 1.165) is 16.7 Å². The molecule has 0 spiro atoms. The van der Waals surface area contributed by atoms with Crippen LogP contribution in [0.25, 0.3) is 5.76 Å². The molecule has 0 saturated carbocycles. The van der Waals surface area contributed by atoms with Crippen LogP contribution in [-0.2, 0) is 9.59 Å². The van der Waals surface area contributed by atoms with Gasteiger partial charge in [0.2, 0.25) is 0 Å². The van der Waals surface area contributed by atoms with Crippen LogP contribution in [0.4, 0.5) is 0 Å². The summed E-state index contributed by atoms with van der Waals surface area (Å²) in [5, 5.41) is 11.2. The summed E-state index contributed by atoms with van der Waals surface area (Å²) in [6.07, 6.45) is 3.92. The molecule has 1 aromatic carbocycles. The number of nitrogens with zero attached hydrogens (tertiary/aromatic N) is 2. The summed E-state index contributed by atoms with van der Waals surface area (Å²) in [5.74, 6) is -1.02. The summed E-state index contributed by atoms with van der Waals surface area (Å²) in [7, 11) is 1.52. The fourth-order valence-electron chi connectivity index (χ4n) is 3.79. The lowest BCUT2D eigenvalue weighted by molar-refractivity contribution is -0.139. The number of aliphatic hydroxyl groups is 1. The third-order valence-electron chi connectivity index (χ3n) is 4.90. The van der Waals surface area contributed by atoms with Crippen molar-refractivity contribution in [3.8, 4) is 5.75 Å². The number of aliphatic hydroxyl groups excluding tert-OH is 1. The highest BCUT2D eigenvalue weighted by Crippen LogP contribution is 2.41. The summed E-state index contributed by atoms with van der Waals surface area (Å²) in [6.45, 7) is 6.13. The second-order valence-corrected chi connectivity index (χ2v) is 6.94. The molecule has 146 valence electrons. The smallest absolute Gasteiger partial charge is 0.295 e. The van der Waals surface area contributed by atoms with E-state index in [1.165, 1.54) is 12.0 Å². The average molecular weight is 380 g/mol. The molecule has 1 atom stereocenters. The average Bonchev–Trinajstić information content (AvgIpc) is 2.93. The predicted molar refractivity (Wildman–Crippen MR) is 106 cm³/mol. The van der Waals surface area contributed by atoms with Crippen molar-refractivity contribution in [3.05, 3.63) is 64.5 Å². The number of hydrogen-bond acceptors (Lipinski definition) is 5. The number of methoxy groups -OCH3 is 1. The van der Waals surface area contributed by atoms with E-state index in [0.29, 0.717) is 24.3 Å². The van der Waals surface area contributed by atoms with Crippen LogP contribution in [-0.4, -0.2) is 40.3 Å². The third kappa shape index (κ3) is 3.26. The fraction of sp³-hybridized carbons (Fsp3) is 0.318. The summed E-state index contributed by atoms with van der Waals surface area (Å²) in [6, 6.07) is 6.55. The Morgan fingerprint density at radius 1 is 1.21 bits per heavy atom. The largest absolute Gasteiger partial charge is 0.507 e. The second kappa shape index (κ2) is 7.84. The van der Waals surface area contributed by atoms with Crippen molar-refractivity contribution in [3.63, 3.8) is 0 Å². The Bertz CT molecular complexity index is 951. The highest BCUT2D eigenvalue weighted by molar-refractivity contribution is 6.46. The van der Waals surface area contributed by atoms with Gasteiger partial charge in [-0.3, -0.25) is 14.6 Å². The number of carbonyl (C=O) groups excluding carboxylic acids is 2.